The van der Waals surface area contributed by atoms with E-state index in [1.807, 2.05) is 12.2 Å². The van der Waals surface area contributed by atoms with Gasteiger partial charge in [-0.3, -0.25) is 0 Å². The molecule has 4 aliphatic rings. The summed E-state index contributed by atoms with van der Waals surface area (Å²) >= 11 is 0. The van der Waals surface area contributed by atoms with Crippen molar-refractivity contribution in [3.05, 3.63) is 124 Å². The number of benzene rings is 1. The minimum Gasteiger partial charge on any atom is -0.341 e. The van der Waals surface area contributed by atoms with Crippen molar-refractivity contribution in [2.45, 2.75) is 59.4 Å². The molecule has 1 heteroatoms. The lowest BCUT2D eigenvalue weighted by Crippen LogP contribution is -2.28. The van der Waals surface area contributed by atoms with Crippen LogP contribution in [-0.2, 0) is 6.42 Å². The van der Waals surface area contributed by atoms with Gasteiger partial charge in [-0.2, -0.15) is 0 Å². The molecule has 1 aromatic carbocycles. The molecule has 3 aliphatic carbocycles. The largest absolute Gasteiger partial charge is 0.341 e. The van der Waals surface area contributed by atoms with Crippen molar-refractivity contribution in [1.82, 2.24) is 4.90 Å². The average molecular weight is 462 g/mol. The molecule has 0 N–H and O–H groups in total. The zero-order valence-corrected chi connectivity index (χ0v) is 21.8. The Morgan fingerprint density at radius 2 is 1.97 bits per heavy atom. The van der Waals surface area contributed by atoms with Crippen LogP contribution < -0.4 is 0 Å². The second-order valence-corrected chi connectivity index (χ2v) is 10.6. The predicted molar refractivity (Wildman–Crippen MR) is 151 cm³/mol. The number of nitrogens with zero attached hydrogens (tertiary/aromatic N) is 1. The number of hydrogen-bond donors (Lipinski definition) is 0. The molecule has 1 aliphatic heterocycles. The van der Waals surface area contributed by atoms with Crippen LogP contribution in [0, 0.1) is 24.7 Å². The van der Waals surface area contributed by atoms with E-state index in [0.717, 1.165) is 12.8 Å². The van der Waals surface area contributed by atoms with Crippen molar-refractivity contribution in [1.29, 1.82) is 0 Å². The molecule has 1 fully saturated rings. The van der Waals surface area contributed by atoms with E-state index in [9.17, 15) is 0 Å². The Balaban J connectivity index is 1.52. The van der Waals surface area contributed by atoms with E-state index in [0.29, 0.717) is 23.8 Å². The highest BCUT2D eigenvalue weighted by atomic mass is 15.2. The highest BCUT2D eigenvalue weighted by molar-refractivity contribution is 5.62. The summed E-state index contributed by atoms with van der Waals surface area (Å²) in [6.07, 6.45) is 27.3. The summed E-state index contributed by atoms with van der Waals surface area (Å²) in [4.78, 5) is 2.67. The van der Waals surface area contributed by atoms with E-state index in [-0.39, 0.29) is 0 Å². The zero-order valence-electron chi connectivity index (χ0n) is 21.8. The fourth-order valence-electron chi connectivity index (χ4n) is 6.45. The number of allylic oxidation sites excluding steroid dienone is 13. The van der Waals surface area contributed by atoms with Crippen molar-refractivity contribution in [2.24, 2.45) is 17.8 Å². The van der Waals surface area contributed by atoms with E-state index < -0.39 is 0 Å². The average Bonchev–Trinajstić information content (AvgIpc) is 3.13. The minimum atomic E-state index is 0.436. The Kier molecular flexibility index (Phi) is 6.69. The van der Waals surface area contributed by atoms with Gasteiger partial charge in [0, 0.05) is 29.3 Å². The Morgan fingerprint density at radius 3 is 2.71 bits per heavy atom. The molecule has 0 radical (unpaired) electrons. The fraction of sp³-hybridized carbons (Fsp3) is 0.353. The van der Waals surface area contributed by atoms with Gasteiger partial charge in [-0.05, 0) is 86.3 Å². The van der Waals surface area contributed by atoms with Crippen molar-refractivity contribution in [3.8, 4) is 0 Å². The standard InChI is InChI=1S/C34H39N/c1-6-8-10-27(7-2)30-17-19-32(20-18-30)35-25(5)23(3)33-22-26-13-14-28-11-9-12-29(24(28)4)15-16-31(21-26)34(33)35/h6-12,15-17,19-21,23,25,30,33H,1,13-14,18,22H2,2-5H3/b10-8-,16-15?,27-7+/t23?,25-,30?,33?/m0/s1. The molecule has 1 nitrogen and oxygen atoms in total. The summed E-state index contributed by atoms with van der Waals surface area (Å²) in [7, 11) is 0. The van der Waals surface area contributed by atoms with Crippen LogP contribution in [0.1, 0.15) is 56.7 Å². The summed E-state index contributed by atoms with van der Waals surface area (Å²) in [5.74, 6) is 1.66. The normalized spacial score (nSPS) is 28.2. The maximum absolute atomic E-state index is 3.83. The van der Waals surface area contributed by atoms with Gasteiger partial charge in [0.25, 0.3) is 0 Å². The molecule has 0 amide bonds. The second-order valence-electron chi connectivity index (χ2n) is 10.6. The topological polar surface area (TPSA) is 3.24 Å². The number of fused-ring (bicyclic) bond motifs is 4. The summed E-state index contributed by atoms with van der Waals surface area (Å²) in [6.45, 7) is 13.1. The second kappa shape index (κ2) is 9.90. The first-order valence-corrected chi connectivity index (χ1v) is 13.3. The Morgan fingerprint density at radius 1 is 1.11 bits per heavy atom. The molecular formula is C34H39N. The van der Waals surface area contributed by atoms with E-state index in [1.54, 1.807) is 5.57 Å². The number of likely N-dealkylation sites (tertiary alicyclic amines) is 1. The quantitative estimate of drug-likeness (QED) is 0.406. The first-order valence-electron chi connectivity index (χ1n) is 13.3. The predicted octanol–water partition coefficient (Wildman–Crippen LogP) is 8.64. The van der Waals surface area contributed by atoms with Crippen molar-refractivity contribution >= 4 is 6.08 Å². The maximum Gasteiger partial charge on any atom is 0.0368 e. The van der Waals surface area contributed by atoms with E-state index in [1.165, 1.54) is 52.1 Å². The van der Waals surface area contributed by atoms with Crippen LogP contribution in [0.3, 0.4) is 0 Å². The van der Waals surface area contributed by atoms with Gasteiger partial charge in [-0.1, -0.05) is 92.0 Å². The molecule has 1 aromatic rings. The van der Waals surface area contributed by atoms with Gasteiger partial charge < -0.3 is 4.90 Å². The molecule has 4 atom stereocenters. The van der Waals surface area contributed by atoms with Crippen LogP contribution in [0.5, 0.6) is 0 Å². The summed E-state index contributed by atoms with van der Waals surface area (Å²) < 4.78 is 0. The van der Waals surface area contributed by atoms with Crippen LogP contribution in [0.2, 0.25) is 0 Å². The Bertz CT molecular complexity index is 1230. The smallest absolute Gasteiger partial charge is 0.0368 e. The van der Waals surface area contributed by atoms with Gasteiger partial charge >= 0.3 is 0 Å². The van der Waals surface area contributed by atoms with Crippen LogP contribution in [0.15, 0.2) is 108 Å². The van der Waals surface area contributed by atoms with Gasteiger partial charge in [0.15, 0.2) is 0 Å². The van der Waals surface area contributed by atoms with Gasteiger partial charge in [-0.15, -0.1) is 0 Å². The van der Waals surface area contributed by atoms with Crippen LogP contribution >= 0.6 is 0 Å². The van der Waals surface area contributed by atoms with E-state index >= 15 is 0 Å². The monoisotopic (exact) mass is 461 g/mol. The molecule has 1 saturated heterocycles. The number of hydrogen-bond acceptors (Lipinski definition) is 1. The summed E-state index contributed by atoms with van der Waals surface area (Å²) in [5.41, 5.74) is 11.6. The van der Waals surface area contributed by atoms with Gasteiger partial charge in [0.2, 0.25) is 0 Å². The van der Waals surface area contributed by atoms with Gasteiger partial charge in [0.05, 0.1) is 0 Å². The first-order chi connectivity index (χ1) is 17.0. The maximum atomic E-state index is 3.83. The van der Waals surface area contributed by atoms with Crippen LogP contribution in [-0.4, -0.2) is 10.9 Å². The van der Waals surface area contributed by atoms with E-state index in [4.69, 9.17) is 0 Å². The molecule has 4 bridgehead atoms. The lowest BCUT2D eigenvalue weighted by molar-refractivity contribution is 0.330. The molecule has 5 rings (SSSR count). The third-order valence-corrected chi connectivity index (χ3v) is 8.74. The lowest BCUT2D eigenvalue weighted by atomic mass is 9.79. The highest BCUT2D eigenvalue weighted by Gasteiger charge is 2.44. The van der Waals surface area contributed by atoms with Crippen molar-refractivity contribution < 1.29 is 0 Å². The molecule has 1 heterocycles. The molecule has 0 saturated carbocycles. The third kappa shape index (κ3) is 4.38. The number of rotatable bonds is 4. The molecule has 35 heavy (non-hydrogen) atoms. The first kappa shape index (κ1) is 23.7. The van der Waals surface area contributed by atoms with Crippen molar-refractivity contribution in [3.63, 3.8) is 0 Å². The van der Waals surface area contributed by atoms with Crippen LogP contribution in [0.25, 0.3) is 6.08 Å². The Labute approximate surface area is 212 Å². The van der Waals surface area contributed by atoms with Crippen LogP contribution in [0.4, 0.5) is 0 Å². The SMILES string of the molecule is C=C/C=C\C(=C/C)C1C=CC(N2C3=C4C=Cc5cccc(c5C)CCC(=C4)CC3C(C)[C@@H]2C)=CC1. The zero-order chi connectivity index (χ0) is 24.5. The highest BCUT2D eigenvalue weighted by Crippen LogP contribution is 2.49. The van der Waals surface area contributed by atoms with Gasteiger partial charge in [-0.25, -0.2) is 0 Å². The Hall–Kier alpha value is -3.06. The summed E-state index contributed by atoms with van der Waals surface area (Å²) in [5, 5.41) is 0. The number of aryl methyl sites for hydroxylation is 1. The van der Waals surface area contributed by atoms with Crippen molar-refractivity contribution in [2.75, 3.05) is 0 Å². The van der Waals surface area contributed by atoms with E-state index in [2.05, 4.69) is 106 Å². The molecular weight excluding hydrogens is 422 g/mol. The molecule has 180 valence electrons. The molecule has 0 spiro atoms. The fourth-order valence-corrected chi connectivity index (χ4v) is 6.45. The molecule has 0 aromatic heterocycles. The van der Waals surface area contributed by atoms with Gasteiger partial charge in [0.1, 0.15) is 0 Å². The lowest BCUT2D eigenvalue weighted by Gasteiger charge is -2.33. The summed E-state index contributed by atoms with van der Waals surface area (Å²) in [6, 6.07) is 7.28. The minimum absolute atomic E-state index is 0.436. The third-order valence-electron chi connectivity index (χ3n) is 8.74. The molecule has 3 unspecified atom stereocenters.